The van der Waals surface area contributed by atoms with E-state index in [1.54, 1.807) is 0 Å². The van der Waals surface area contributed by atoms with E-state index in [-0.39, 0.29) is 5.41 Å². The molecule has 0 spiro atoms. The van der Waals surface area contributed by atoms with Gasteiger partial charge in [0.2, 0.25) is 0 Å². The van der Waals surface area contributed by atoms with Gasteiger partial charge in [0.25, 0.3) is 0 Å². The molecule has 0 fully saturated rings. The normalized spacial score (nSPS) is 14.6. The molecule has 0 N–H and O–H groups in total. The lowest BCUT2D eigenvalue weighted by atomic mass is 9.77. The molecule has 0 amide bonds. The van der Waals surface area contributed by atoms with Crippen LogP contribution in [0.1, 0.15) is 50.5 Å². The number of hydrogen-bond donors (Lipinski definition) is 0. The van der Waals surface area contributed by atoms with E-state index < -0.39 is 5.41 Å². The lowest BCUT2D eigenvalue weighted by Gasteiger charge is -2.28. The molecule has 42 heavy (non-hydrogen) atoms. The number of benzene rings is 4. The van der Waals surface area contributed by atoms with Gasteiger partial charge in [-0.05, 0) is 37.1 Å². The molecular formula is C36H30N6. The van der Waals surface area contributed by atoms with Crippen LogP contribution < -0.4 is 0 Å². The Morgan fingerprint density at radius 2 is 0.714 bits per heavy atom. The van der Waals surface area contributed by atoms with Crippen LogP contribution in [-0.4, -0.2) is 29.9 Å². The fourth-order valence-corrected chi connectivity index (χ4v) is 5.36. The third-order valence-corrected chi connectivity index (χ3v) is 8.14. The highest BCUT2D eigenvalue weighted by Crippen LogP contribution is 2.37. The molecular weight excluding hydrogens is 516 g/mol. The van der Waals surface area contributed by atoms with Gasteiger partial charge in [0.1, 0.15) is 11.6 Å². The molecule has 8 bridgehead atoms. The van der Waals surface area contributed by atoms with E-state index in [0.29, 0.717) is 34.9 Å². The molecule has 0 atom stereocenters. The standard InChI is InChI=1S/C36H30N6/c1-35(2)27-19-11-17-25(21-27)31-37-29(23-13-7-5-8-14-23)39-33(41-31)36(3,4)34-40-30(24-15-9-6-10-16-24)38-32(42-34)26-18-12-20-28(35)22-26/h5-22H,1-4H3. The number of hydrogen-bond acceptors (Lipinski definition) is 6. The minimum absolute atomic E-state index is 0.300. The highest BCUT2D eigenvalue weighted by atomic mass is 15.1. The Kier molecular flexibility index (Phi) is 6.01. The summed E-state index contributed by atoms with van der Waals surface area (Å²) in [7, 11) is 0. The van der Waals surface area contributed by atoms with Gasteiger partial charge in [0.05, 0.1) is 5.41 Å². The van der Waals surface area contributed by atoms with Crippen molar-refractivity contribution in [2.24, 2.45) is 0 Å². The quantitative estimate of drug-likeness (QED) is 0.222. The molecule has 1 aliphatic rings. The first kappa shape index (κ1) is 25.8. The Morgan fingerprint density at radius 1 is 0.357 bits per heavy atom. The van der Waals surface area contributed by atoms with Gasteiger partial charge in [-0.2, -0.15) is 0 Å². The summed E-state index contributed by atoms with van der Waals surface area (Å²) >= 11 is 0. The first-order chi connectivity index (χ1) is 20.3. The maximum Gasteiger partial charge on any atom is 0.163 e. The molecule has 204 valence electrons. The zero-order chi connectivity index (χ0) is 28.9. The zero-order valence-corrected chi connectivity index (χ0v) is 24.1. The monoisotopic (exact) mass is 546 g/mol. The lowest BCUT2D eigenvalue weighted by molar-refractivity contribution is 0.546. The number of nitrogens with zero attached hydrogens (tertiary/aromatic N) is 6. The highest BCUT2D eigenvalue weighted by Gasteiger charge is 2.34. The molecule has 0 saturated carbocycles. The van der Waals surface area contributed by atoms with E-state index in [1.807, 2.05) is 60.7 Å². The maximum absolute atomic E-state index is 5.08. The summed E-state index contributed by atoms with van der Waals surface area (Å²) in [6.07, 6.45) is 0. The van der Waals surface area contributed by atoms with Gasteiger partial charge in [-0.15, -0.1) is 0 Å². The van der Waals surface area contributed by atoms with Crippen molar-refractivity contribution in [2.45, 2.75) is 38.5 Å². The van der Waals surface area contributed by atoms with Crippen LogP contribution >= 0.6 is 0 Å². The molecule has 7 rings (SSSR count). The van der Waals surface area contributed by atoms with E-state index in [9.17, 15) is 0 Å². The average molecular weight is 547 g/mol. The molecule has 6 heteroatoms. The second-order valence-corrected chi connectivity index (χ2v) is 11.8. The summed E-state index contributed by atoms with van der Waals surface area (Å²) in [4.78, 5) is 30.2. The van der Waals surface area contributed by atoms with Gasteiger partial charge < -0.3 is 0 Å². The molecule has 6 aromatic rings. The molecule has 2 aromatic heterocycles. The van der Waals surface area contributed by atoms with Crippen molar-refractivity contribution < 1.29 is 0 Å². The smallest absolute Gasteiger partial charge is 0.163 e. The Bertz CT molecular complexity index is 1790. The third kappa shape index (κ3) is 4.45. The summed E-state index contributed by atoms with van der Waals surface area (Å²) in [5, 5.41) is 0. The van der Waals surface area contributed by atoms with Crippen molar-refractivity contribution in [3.63, 3.8) is 0 Å². The Hall–Kier alpha value is -5.10. The van der Waals surface area contributed by atoms with Crippen LogP contribution in [-0.2, 0) is 10.8 Å². The second kappa shape index (κ2) is 9.77. The van der Waals surface area contributed by atoms with Crippen LogP contribution in [0.5, 0.6) is 0 Å². The van der Waals surface area contributed by atoms with Crippen molar-refractivity contribution in [3.8, 4) is 45.6 Å². The minimum Gasteiger partial charge on any atom is -0.212 e. The van der Waals surface area contributed by atoms with E-state index in [1.165, 1.54) is 0 Å². The van der Waals surface area contributed by atoms with Crippen molar-refractivity contribution >= 4 is 0 Å². The predicted molar refractivity (Wildman–Crippen MR) is 166 cm³/mol. The van der Waals surface area contributed by atoms with Gasteiger partial charge in [-0.1, -0.05) is 111 Å². The molecule has 4 aromatic carbocycles. The number of fused-ring (bicyclic) bond motifs is 10. The van der Waals surface area contributed by atoms with Crippen molar-refractivity contribution in [1.82, 2.24) is 29.9 Å². The fourth-order valence-electron chi connectivity index (χ4n) is 5.36. The topological polar surface area (TPSA) is 77.3 Å². The van der Waals surface area contributed by atoms with Gasteiger partial charge in [-0.25, -0.2) is 29.9 Å². The Labute approximate surface area is 245 Å². The van der Waals surface area contributed by atoms with Crippen LogP contribution in [0.15, 0.2) is 109 Å². The van der Waals surface area contributed by atoms with Crippen LogP contribution in [0.4, 0.5) is 0 Å². The molecule has 0 aliphatic carbocycles. The van der Waals surface area contributed by atoms with Gasteiger partial charge in [-0.3, -0.25) is 0 Å². The molecule has 1 aliphatic heterocycles. The van der Waals surface area contributed by atoms with Crippen LogP contribution in [0, 0.1) is 0 Å². The summed E-state index contributed by atoms with van der Waals surface area (Å²) < 4.78 is 0. The van der Waals surface area contributed by atoms with Crippen LogP contribution in [0.25, 0.3) is 45.6 Å². The van der Waals surface area contributed by atoms with Crippen molar-refractivity contribution in [1.29, 1.82) is 0 Å². The van der Waals surface area contributed by atoms with Gasteiger partial charge >= 0.3 is 0 Å². The first-order valence-electron chi connectivity index (χ1n) is 14.1. The van der Waals surface area contributed by atoms with E-state index in [4.69, 9.17) is 29.9 Å². The van der Waals surface area contributed by atoms with Crippen molar-refractivity contribution in [2.75, 3.05) is 0 Å². The SMILES string of the molecule is CC1(C)c2cccc(c2)-c2nc(-c3ccccc3)nc(n2)C(C)(C)c2nc(-c3ccccc3)nc(n2)-c2cccc1c2. The Morgan fingerprint density at radius 3 is 1.12 bits per heavy atom. The molecule has 3 heterocycles. The summed E-state index contributed by atoms with van der Waals surface area (Å²) in [6.45, 7) is 8.61. The molecule has 0 unspecified atom stereocenters. The van der Waals surface area contributed by atoms with Gasteiger partial charge in [0.15, 0.2) is 23.3 Å². The third-order valence-electron chi connectivity index (χ3n) is 8.14. The highest BCUT2D eigenvalue weighted by molar-refractivity contribution is 5.65. The molecule has 0 radical (unpaired) electrons. The van der Waals surface area contributed by atoms with Crippen LogP contribution in [0.2, 0.25) is 0 Å². The molecule has 0 saturated heterocycles. The summed E-state index contributed by atoms with van der Waals surface area (Å²) in [5.41, 5.74) is 4.99. The van der Waals surface area contributed by atoms with E-state index in [0.717, 1.165) is 33.4 Å². The first-order valence-corrected chi connectivity index (χ1v) is 14.1. The summed E-state index contributed by atoms with van der Waals surface area (Å²) in [5.74, 6) is 3.66. The Balaban J connectivity index is 1.57. The molecule has 6 nitrogen and oxygen atoms in total. The largest absolute Gasteiger partial charge is 0.212 e. The average Bonchev–Trinajstić information content (AvgIpc) is 3.05. The summed E-state index contributed by atoms with van der Waals surface area (Å²) in [6, 6.07) is 37.1. The van der Waals surface area contributed by atoms with Crippen molar-refractivity contribution in [3.05, 3.63) is 132 Å². The minimum atomic E-state index is -0.763. The van der Waals surface area contributed by atoms with Crippen LogP contribution in [0.3, 0.4) is 0 Å². The lowest BCUT2D eigenvalue weighted by Crippen LogP contribution is -2.27. The number of aromatic nitrogens is 6. The predicted octanol–water partition coefficient (Wildman–Crippen LogP) is 7.69. The second-order valence-electron chi connectivity index (χ2n) is 11.8. The van der Waals surface area contributed by atoms with E-state index in [2.05, 4.69) is 76.2 Å². The van der Waals surface area contributed by atoms with Gasteiger partial charge in [0, 0.05) is 27.7 Å². The number of rotatable bonds is 2. The maximum atomic E-state index is 5.08. The zero-order valence-electron chi connectivity index (χ0n) is 24.1. The fraction of sp³-hybridized carbons (Fsp3) is 0.167. The van der Waals surface area contributed by atoms with E-state index >= 15 is 0 Å².